The number of rotatable bonds is 3. The van der Waals surface area contributed by atoms with Crippen molar-refractivity contribution >= 4 is 11.7 Å². The van der Waals surface area contributed by atoms with E-state index in [9.17, 15) is 4.79 Å². The number of benzene rings is 1. The largest absolute Gasteiger partial charge is 0.311 e. The van der Waals surface area contributed by atoms with Crippen molar-refractivity contribution in [3.05, 3.63) is 60.4 Å². The highest BCUT2D eigenvalue weighted by Gasteiger charge is 2.09. The number of nitrogens with zero attached hydrogens (tertiary/aromatic N) is 3. The number of carbonyl (C=O) groups excluding carboxylic acids is 1. The molecule has 0 aliphatic heterocycles. The number of anilines is 1. The predicted molar refractivity (Wildman–Crippen MR) is 85.8 cm³/mol. The Hall–Kier alpha value is -2.95. The van der Waals surface area contributed by atoms with E-state index < -0.39 is 0 Å². The van der Waals surface area contributed by atoms with E-state index in [1.165, 1.54) is 6.92 Å². The second-order valence-electron chi connectivity index (χ2n) is 5.05. The normalized spacial score (nSPS) is 10.5. The summed E-state index contributed by atoms with van der Waals surface area (Å²) < 4.78 is 1.85. The molecule has 1 amide bonds. The van der Waals surface area contributed by atoms with Crippen molar-refractivity contribution < 1.29 is 4.79 Å². The lowest BCUT2D eigenvalue weighted by molar-refractivity contribution is -0.114. The highest BCUT2D eigenvalue weighted by atomic mass is 16.1. The molecule has 22 heavy (non-hydrogen) atoms. The third kappa shape index (κ3) is 2.88. The number of carbonyl (C=O) groups is 1. The third-order valence-corrected chi connectivity index (χ3v) is 3.26. The van der Waals surface area contributed by atoms with Gasteiger partial charge in [0.1, 0.15) is 5.82 Å². The lowest BCUT2D eigenvalue weighted by Crippen LogP contribution is -2.07. The Morgan fingerprint density at radius 1 is 1.14 bits per heavy atom. The summed E-state index contributed by atoms with van der Waals surface area (Å²) in [6, 6.07) is 13.6. The first-order chi connectivity index (χ1) is 10.6. The van der Waals surface area contributed by atoms with E-state index in [4.69, 9.17) is 0 Å². The number of aromatic nitrogens is 3. The fourth-order valence-electron chi connectivity index (χ4n) is 2.25. The van der Waals surface area contributed by atoms with Crippen LogP contribution in [0.1, 0.15) is 12.5 Å². The van der Waals surface area contributed by atoms with Gasteiger partial charge >= 0.3 is 0 Å². The third-order valence-electron chi connectivity index (χ3n) is 3.26. The van der Waals surface area contributed by atoms with Gasteiger partial charge in [-0.2, -0.15) is 5.10 Å². The Labute approximate surface area is 128 Å². The van der Waals surface area contributed by atoms with Gasteiger partial charge in [-0.25, -0.2) is 9.67 Å². The molecule has 3 aromatic rings. The van der Waals surface area contributed by atoms with Crippen molar-refractivity contribution in [1.82, 2.24) is 14.8 Å². The molecule has 0 saturated heterocycles. The van der Waals surface area contributed by atoms with Gasteiger partial charge in [0.15, 0.2) is 0 Å². The van der Waals surface area contributed by atoms with Crippen molar-refractivity contribution in [1.29, 1.82) is 0 Å². The quantitative estimate of drug-likeness (QED) is 0.806. The molecule has 0 atom stereocenters. The first-order valence-electron chi connectivity index (χ1n) is 6.99. The molecule has 2 aromatic heterocycles. The second kappa shape index (κ2) is 5.81. The summed E-state index contributed by atoms with van der Waals surface area (Å²) in [5.74, 6) is 0.404. The van der Waals surface area contributed by atoms with E-state index in [1.54, 1.807) is 12.3 Å². The zero-order valence-electron chi connectivity index (χ0n) is 12.4. The molecule has 3 rings (SSSR count). The van der Waals surface area contributed by atoms with Gasteiger partial charge in [0.2, 0.25) is 5.91 Å². The molecule has 5 heteroatoms. The van der Waals surface area contributed by atoms with E-state index in [0.29, 0.717) is 5.82 Å². The van der Waals surface area contributed by atoms with Crippen molar-refractivity contribution in [2.45, 2.75) is 13.8 Å². The van der Waals surface area contributed by atoms with E-state index in [1.807, 2.05) is 54.2 Å². The highest BCUT2D eigenvalue weighted by molar-refractivity contribution is 5.87. The summed E-state index contributed by atoms with van der Waals surface area (Å²) in [6.45, 7) is 3.48. The summed E-state index contributed by atoms with van der Waals surface area (Å²) in [5.41, 5.74) is 3.88. The monoisotopic (exact) mass is 292 g/mol. The van der Waals surface area contributed by atoms with Crippen LogP contribution in [-0.4, -0.2) is 20.7 Å². The molecule has 0 saturated carbocycles. The van der Waals surface area contributed by atoms with E-state index in [0.717, 1.165) is 22.5 Å². The fraction of sp³-hybridized carbons (Fsp3) is 0.118. The molecule has 0 aliphatic rings. The first-order valence-corrected chi connectivity index (χ1v) is 6.99. The van der Waals surface area contributed by atoms with Crippen LogP contribution in [0.4, 0.5) is 5.82 Å². The minimum atomic E-state index is -0.134. The van der Waals surface area contributed by atoms with E-state index >= 15 is 0 Å². The van der Waals surface area contributed by atoms with Crippen LogP contribution in [0.2, 0.25) is 0 Å². The Balaban J connectivity index is 1.92. The molecule has 0 fully saturated rings. The molecular formula is C17H16N4O. The maximum absolute atomic E-state index is 11.0. The van der Waals surface area contributed by atoms with Crippen LogP contribution in [0.15, 0.2) is 54.9 Å². The van der Waals surface area contributed by atoms with E-state index in [2.05, 4.69) is 15.4 Å². The highest BCUT2D eigenvalue weighted by Crippen LogP contribution is 2.23. The Morgan fingerprint density at radius 3 is 2.55 bits per heavy atom. The molecule has 1 aromatic carbocycles. The summed E-state index contributed by atoms with van der Waals surface area (Å²) in [6.07, 6.45) is 3.71. The fourth-order valence-corrected chi connectivity index (χ4v) is 2.25. The predicted octanol–water partition coefficient (Wildman–Crippen LogP) is 3.20. The topological polar surface area (TPSA) is 59.8 Å². The summed E-state index contributed by atoms with van der Waals surface area (Å²) in [5, 5.41) is 7.28. The van der Waals surface area contributed by atoms with Crippen LogP contribution < -0.4 is 5.32 Å². The number of nitrogens with one attached hydrogen (secondary N) is 1. The average Bonchev–Trinajstić information content (AvgIpc) is 2.90. The molecule has 0 bridgehead atoms. The van der Waals surface area contributed by atoms with Gasteiger partial charge in [0.05, 0.1) is 11.4 Å². The molecule has 5 nitrogen and oxygen atoms in total. The number of aryl methyl sites for hydroxylation is 1. The van der Waals surface area contributed by atoms with Crippen LogP contribution in [-0.2, 0) is 4.79 Å². The Morgan fingerprint density at radius 2 is 1.91 bits per heavy atom. The zero-order chi connectivity index (χ0) is 15.5. The standard InChI is InChI=1S/C17H16N4O/c1-12-11-21(15-6-4-3-5-7-15)20-17(12)14-8-9-16(18-10-14)19-13(2)22/h3-11H,1-2H3,(H,18,19,22). The van der Waals surface area contributed by atoms with Crippen LogP contribution in [0.5, 0.6) is 0 Å². The summed E-state index contributed by atoms with van der Waals surface area (Å²) in [4.78, 5) is 15.3. The lowest BCUT2D eigenvalue weighted by atomic mass is 10.1. The average molecular weight is 292 g/mol. The van der Waals surface area contributed by atoms with Gasteiger partial charge in [-0.3, -0.25) is 4.79 Å². The van der Waals surface area contributed by atoms with Crippen molar-refractivity contribution in [3.63, 3.8) is 0 Å². The smallest absolute Gasteiger partial charge is 0.222 e. The number of hydrogen-bond acceptors (Lipinski definition) is 3. The van der Waals surface area contributed by atoms with Crippen molar-refractivity contribution in [3.8, 4) is 16.9 Å². The summed E-state index contributed by atoms with van der Waals surface area (Å²) >= 11 is 0. The minimum Gasteiger partial charge on any atom is -0.311 e. The zero-order valence-corrected chi connectivity index (χ0v) is 12.4. The number of para-hydroxylation sites is 1. The van der Waals surface area contributed by atoms with Gasteiger partial charge in [-0.05, 0) is 36.8 Å². The van der Waals surface area contributed by atoms with Crippen molar-refractivity contribution in [2.75, 3.05) is 5.32 Å². The van der Waals surface area contributed by atoms with Gasteiger partial charge in [-0.1, -0.05) is 18.2 Å². The van der Waals surface area contributed by atoms with Gasteiger partial charge in [0.25, 0.3) is 0 Å². The van der Waals surface area contributed by atoms with Crippen LogP contribution in [0.3, 0.4) is 0 Å². The lowest BCUT2D eigenvalue weighted by Gasteiger charge is -2.03. The molecule has 0 spiro atoms. The molecule has 2 heterocycles. The minimum absolute atomic E-state index is 0.134. The molecule has 110 valence electrons. The van der Waals surface area contributed by atoms with Crippen LogP contribution in [0, 0.1) is 6.92 Å². The van der Waals surface area contributed by atoms with E-state index in [-0.39, 0.29) is 5.91 Å². The first kappa shape index (κ1) is 14.0. The van der Waals surface area contributed by atoms with Crippen molar-refractivity contribution in [2.24, 2.45) is 0 Å². The van der Waals surface area contributed by atoms with Gasteiger partial charge < -0.3 is 5.32 Å². The molecule has 0 aliphatic carbocycles. The van der Waals surface area contributed by atoms with Gasteiger partial charge in [-0.15, -0.1) is 0 Å². The Kier molecular flexibility index (Phi) is 3.70. The molecule has 0 unspecified atom stereocenters. The number of hydrogen-bond donors (Lipinski definition) is 1. The maximum atomic E-state index is 11.0. The maximum Gasteiger partial charge on any atom is 0.222 e. The molecule has 0 radical (unpaired) electrons. The summed E-state index contributed by atoms with van der Waals surface area (Å²) in [7, 11) is 0. The van der Waals surface area contributed by atoms with Crippen LogP contribution >= 0.6 is 0 Å². The molecular weight excluding hydrogens is 276 g/mol. The SMILES string of the molecule is CC(=O)Nc1ccc(-c2nn(-c3ccccc3)cc2C)cn1. The molecule has 1 N–H and O–H groups in total. The second-order valence-corrected chi connectivity index (χ2v) is 5.05. The number of pyridine rings is 1. The van der Waals surface area contributed by atoms with Gasteiger partial charge in [0, 0.05) is 24.9 Å². The van der Waals surface area contributed by atoms with Crippen LogP contribution in [0.25, 0.3) is 16.9 Å². The number of amides is 1. The Bertz CT molecular complexity index is 791.